The van der Waals surface area contributed by atoms with Crippen LogP contribution in [0.2, 0.25) is 0 Å². The Balaban J connectivity index is 1.10. The molecule has 0 radical (unpaired) electrons. The number of ether oxygens (including phenoxy) is 2. The highest BCUT2D eigenvalue weighted by molar-refractivity contribution is 5.99. The van der Waals surface area contributed by atoms with Gasteiger partial charge < -0.3 is 34.9 Å². The van der Waals surface area contributed by atoms with Gasteiger partial charge in [-0.15, -0.1) is 0 Å². The van der Waals surface area contributed by atoms with Gasteiger partial charge in [0.2, 0.25) is 0 Å². The summed E-state index contributed by atoms with van der Waals surface area (Å²) in [5, 5.41) is 25.2. The fourth-order valence-electron chi connectivity index (χ4n) is 6.05. The average molecular weight is 550 g/mol. The van der Waals surface area contributed by atoms with E-state index >= 15 is 0 Å². The summed E-state index contributed by atoms with van der Waals surface area (Å²) < 4.78 is 11.3. The van der Waals surface area contributed by atoms with Crippen molar-refractivity contribution in [3.63, 3.8) is 0 Å². The summed E-state index contributed by atoms with van der Waals surface area (Å²) in [5.74, 6) is 1.74. The minimum atomic E-state index is -0.681. The Morgan fingerprint density at radius 2 is 1.93 bits per heavy atom. The smallest absolute Gasteiger partial charge is 0.267 e. The van der Waals surface area contributed by atoms with Crippen LogP contribution in [-0.4, -0.2) is 77.1 Å². The zero-order chi connectivity index (χ0) is 28.1. The van der Waals surface area contributed by atoms with E-state index in [2.05, 4.69) is 22.1 Å². The Morgan fingerprint density at radius 1 is 1.15 bits per heavy atom. The highest BCUT2D eigenvalue weighted by Crippen LogP contribution is 2.32. The first-order chi connectivity index (χ1) is 19.3. The SMILES string of the molecule is COc1ccc(CCOc2cccc3[nH]c(C(=O)NC4CCC(O)(CCN5CC[C@H](O)[C@@H](C)C5)CC4)cc23)cc1. The number of hydrogen-bond acceptors (Lipinski definition) is 6. The fourth-order valence-corrected chi connectivity index (χ4v) is 6.05. The first-order valence-electron chi connectivity index (χ1n) is 14.6. The van der Waals surface area contributed by atoms with E-state index in [9.17, 15) is 15.0 Å². The van der Waals surface area contributed by atoms with Gasteiger partial charge in [0.1, 0.15) is 17.2 Å². The molecule has 216 valence electrons. The van der Waals surface area contributed by atoms with Gasteiger partial charge in [0.25, 0.3) is 5.91 Å². The van der Waals surface area contributed by atoms with Gasteiger partial charge in [-0.1, -0.05) is 25.1 Å². The van der Waals surface area contributed by atoms with E-state index in [1.54, 1.807) is 7.11 Å². The summed E-state index contributed by atoms with van der Waals surface area (Å²) >= 11 is 0. The van der Waals surface area contributed by atoms with Gasteiger partial charge >= 0.3 is 0 Å². The number of amides is 1. The molecule has 3 aromatic rings. The molecule has 2 aliphatic rings. The van der Waals surface area contributed by atoms with Crippen LogP contribution in [0.4, 0.5) is 0 Å². The van der Waals surface area contributed by atoms with E-state index in [0.717, 1.165) is 74.1 Å². The highest BCUT2D eigenvalue weighted by Gasteiger charge is 2.35. The number of piperidine rings is 1. The summed E-state index contributed by atoms with van der Waals surface area (Å²) in [4.78, 5) is 18.7. The number of nitrogens with one attached hydrogen (secondary N) is 2. The Labute approximate surface area is 236 Å². The molecule has 0 bridgehead atoms. The highest BCUT2D eigenvalue weighted by atomic mass is 16.5. The number of carbonyl (C=O) groups is 1. The van der Waals surface area contributed by atoms with Crippen molar-refractivity contribution in [3.8, 4) is 11.5 Å². The Bertz CT molecular complexity index is 1270. The normalized spacial score (nSPS) is 25.6. The molecule has 2 heterocycles. The second kappa shape index (κ2) is 12.6. The summed E-state index contributed by atoms with van der Waals surface area (Å²) in [7, 11) is 1.66. The third kappa shape index (κ3) is 6.97. The van der Waals surface area contributed by atoms with Gasteiger partial charge in [0, 0.05) is 43.0 Å². The van der Waals surface area contributed by atoms with E-state index < -0.39 is 5.60 Å². The molecule has 0 unspecified atom stereocenters. The first kappa shape index (κ1) is 28.5. The zero-order valence-corrected chi connectivity index (χ0v) is 23.7. The fraction of sp³-hybridized carbons (Fsp3) is 0.531. The van der Waals surface area contributed by atoms with Crippen molar-refractivity contribution in [1.82, 2.24) is 15.2 Å². The van der Waals surface area contributed by atoms with Gasteiger partial charge in [-0.3, -0.25) is 4.79 Å². The Kier molecular flexibility index (Phi) is 8.98. The van der Waals surface area contributed by atoms with E-state index in [-0.39, 0.29) is 24.0 Å². The molecular formula is C32H43N3O5. The van der Waals surface area contributed by atoms with Crippen molar-refractivity contribution in [2.45, 2.75) is 69.6 Å². The van der Waals surface area contributed by atoms with E-state index in [1.807, 2.05) is 48.5 Å². The van der Waals surface area contributed by atoms with Crippen LogP contribution in [0, 0.1) is 5.92 Å². The zero-order valence-electron chi connectivity index (χ0n) is 23.7. The maximum absolute atomic E-state index is 13.1. The molecule has 1 amide bonds. The number of rotatable bonds is 10. The van der Waals surface area contributed by atoms with Gasteiger partial charge in [-0.25, -0.2) is 0 Å². The molecule has 0 spiro atoms. The maximum atomic E-state index is 13.1. The summed E-state index contributed by atoms with van der Waals surface area (Å²) in [5.41, 5.74) is 1.87. The molecule has 1 saturated heterocycles. The molecule has 1 aromatic heterocycles. The standard InChI is InChI=1S/C32H43N3O5/c1-22-21-35(17-12-29(22)36)18-16-32(38)14-10-24(11-15-32)33-31(37)28-20-26-27(34-28)4-3-5-30(26)40-19-13-23-6-8-25(39-2)9-7-23/h3-9,20,22,24,29,34,36,38H,10-19,21H2,1-2H3,(H,33,37)/t22-,24?,29-,32?/m0/s1. The second-order valence-corrected chi connectivity index (χ2v) is 11.7. The van der Waals surface area contributed by atoms with Crippen LogP contribution in [0.3, 0.4) is 0 Å². The van der Waals surface area contributed by atoms with Crippen LogP contribution in [-0.2, 0) is 6.42 Å². The van der Waals surface area contributed by atoms with Gasteiger partial charge in [0.05, 0.1) is 25.4 Å². The molecule has 8 nitrogen and oxygen atoms in total. The van der Waals surface area contributed by atoms with Crippen molar-refractivity contribution in [3.05, 3.63) is 59.8 Å². The Morgan fingerprint density at radius 3 is 2.65 bits per heavy atom. The molecule has 2 atom stereocenters. The van der Waals surface area contributed by atoms with Crippen LogP contribution in [0.5, 0.6) is 11.5 Å². The van der Waals surface area contributed by atoms with Crippen LogP contribution < -0.4 is 14.8 Å². The number of nitrogens with zero attached hydrogens (tertiary/aromatic N) is 1. The maximum Gasteiger partial charge on any atom is 0.267 e. The predicted molar refractivity (Wildman–Crippen MR) is 156 cm³/mol. The number of aliphatic hydroxyl groups excluding tert-OH is 1. The molecule has 1 saturated carbocycles. The molecule has 2 aromatic carbocycles. The number of hydrogen-bond donors (Lipinski definition) is 4. The van der Waals surface area contributed by atoms with Crippen molar-refractivity contribution in [2.24, 2.45) is 5.92 Å². The van der Waals surface area contributed by atoms with Gasteiger partial charge in [-0.2, -0.15) is 0 Å². The van der Waals surface area contributed by atoms with Gasteiger partial charge in [0.15, 0.2) is 0 Å². The third-order valence-corrected chi connectivity index (χ3v) is 8.77. The number of aromatic nitrogens is 1. The summed E-state index contributed by atoms with van der Waals surface area (Å²) in [6.07, 6.45) is 4.99. The lowest BCUT2D eigenvalue weighted by molar-refractivity contribution is -0.0272. The van der Waals surface area contributed by atoms with Gasteiger partial charge in [-0.05, 0) is 80.3 Å². The van der Waals surface area contributed by atoms with Crippen molar-refractivity contribution < 1.29 is 24.5 Å². The van der Waals surface area contributed by atoms with E-state index in [0.29, 0.717) is 25.1 Å². The molecule has 2 fully saturated rings. The number of methoxy groups -OCH3 is 1. The number of H-pyrrole nitrogens is 1. The lowest BCUT2D eigenvalue weighted by atomic mass is 9.80. The van der Waals surface area contributed by atoms with Crippen LogP contribution >= 0.6 is 0 Å². The minimum Gasteiger partial charge on any atom is -0.497 e. The van der Waals surface area contributed by atoms with Crippen LogP contribution in [0.25, 0.3) is 10.9 Å². The summed E-state index contributed by atoms with van der Waals surface area (Å²) in [6, 6.07) is 15.7. The lowest BCUT2D eigenvalue weighted by Crippen LogP contribution is -2.47. The lowest BCUT2D eigenvalue weighted by Gasteiger charge is -2.39. The Hall–Kier alpha value is -3.07. The predicted octanol–water partition coefficient (Wildman–Crippen LogP) is 4.29. The molecular weight excluding hydrogens is 506 g/mol. The number of likely N-dealkylation sites (tertiary alicyclic amines) is 1. The monoisotopic (exact) mass is 549 g/mol. The van der Waals surface area contributed by atoms with E-state index in [4.69, 9.17) is 9.47 Å². The van der Waals surface area contributed by atoms with Crippen molar-refractivity contribution >= 4 is 16.8 Å². The largest absolute Gasteiger partial charge is 0.497 e. The van der Waals surface area contributed by atoms with Crippen molar-refractivity contribution in [1.29, 1.82) is 0 Å². The minimum absolute atomic E-state index is 0.0459. The van der Waals surface area contributed by atoms with E-state index in [1.165, 1.54) is 5.56 Å². The number of benzene rings is 2. The number of fused-ring (bicyclic) bond motifs is 1. The molecule has 40 heavy (non-hydrogen) atoms. The molecule has 8 heteroatoms. The van der Waals surface area contributed by atoms with Crippen LogP contribution in [0.1, 0.15) is 61.5 Å². The summed E-state index contributed by atoms with van der Waals surface area (Å²) in [6.45, 7) is 5.24. The molecule has 5 rings (SSSR count). The second-order valence-electron chi connectivity index (χ2n) is 11.7. The first-order valence-corrected chi connectivity index (χ1v) is 14.6. The average Bonchev–Trinajstić information content (AvgIpc) is 3.41. The molecule has 1 aliphatic heterocycles. The quantitative estimate of drug-likeness (QED) is 0.301. The number of aromatic amines is 1. The molecule has 4 N–H and O–H groups in total. The number of carbonyl (C=O) groups excluding carboxylic acids is 1. The number of aliphatic hydroxyl groups is 2. The third-order valence-electron chi connectivity index (χ3n) is 8.77. The topological polar surface area (TPSA) is 107 Å². The molecule has 1 aliphatic carbocycles. The van der Waals surface area contributed by atoms with Crippen LogP contribution in [0.15, 0.2) is 48.5 Å². The van der Waals surface area contributed by atoms with Crippen molar-refractivity contribution in [2.75, 3.05) is 33.4 Å².